The maximum Gasteiger partial charge on any atom is 0.356 e. The number of pyridine rings is 2. The van der Waals surface area contributed by atoms with E-state index < -0.39 is 17.7 Å². The third-order valence-corrected chi connectivity index (χ3v) is 7.30. The van der Waals surface area contributed by atoms with E-state index in [1.54, 1.807) is 10.8 Å². The van der Waals surface area contributed by atoms with Gasteiger partial charge in [-0.1, -0.05) is 16.8 Å². The smallest absolute Gasteiger partial charge is 0.356 e. The average molecular weight is 575 g/mol. The largest absolute Gasteiger partial charge is 0.476 e. The number of fused-ring (bicyclic) bond motifs is 2. The summed E-state index contributed by atoms with van der Waals surface area (Å²) in [5.41, 5.74) is 3.14. The predicted molar refractivity (Wildman–Crippen MR) is 143 cm³/mol. The molecule has 0 radical (unpaired) electrons. The number of aromatic nitrogens is 9. The summed E-state index contributed by atoms with van der Waals surface area (Å²) in [6, 6.07) is 3.41. The van der Waals surface area contributed by atoms with E-state index in [0.717, 1.165) is 18.4 Å². The van der Waals surface area contributed by atoms with Gasteiger partial charge in [0.15, 0.2) is 28.7 Å². The van der Waals surface area contributed by atoms with Gasteiger partial charge in [0.25, 0.3) is 5.91 Å². The molecular formula is C26H20ClFN10O3. The van der Waals surface area contributed by atoms with E-state index in [4.69, 9.17) is 16.6 Å². The van der Waals surface area contributed by atoms with Crippen LogP contribution in [0.4, 0.5) is 10.2 Å². The number of carbonyl (C=O) groups is 2. The van der Waals surface area contributed by atoms with Gasteiger partial charge < -0.3 is 18.5 Å². The van der Waals surface area contributed by atoms with Crippen LogP contribution in [-0.4, -0.2) is 67.3 Å². The highest BCUT2D eigenvalue weighted by molar-refractivity contribution is 6.31. The van der Waals surface area contributed by atoms with Gasteiger partial charge in [-0.05, 0) is 36.5 Å². The van der Waals surface area contributed by atoms with Gasteiger partial charge in [-0.3, -0.25) is 9.69 Å². The molecule has 0 bridgehead atoms. The molecule has 41 heavy (non-hydrogen) atoms. The van der Waals surface area contributed by atoms with E-state index in [2.05, 4.69) is 20.3 Å². The molecule has 6 aromatic rings. The Hall–Kier alpha value is -5.11. The summed E-state index contributed by atoms with van der Waals surface area (Å²) in [6.45, 7) is 0.214. The van der Waals surface area contributed by atoms with Crippen LogP contribution in [0.5, 0.6) is 0 Å². The van der Waals surface area contributed by atoms with Gasteiger partial charge in [-0.25, -0.2) is 28.8 Å². The van der Waals surface area contributed by atoms with Crippen LogP contribution in [0.3, 0.4) is 0 Å². The van der Waals surface area contributed by atoms with Gasteiger partial charge in [0.2, 0.25) is 0 Å². The number of carbonyl (C=O) groups excluding carboxylic acids is 1. The van der Waals surface area contributed by atoms with Crippen LogP contribution in [0, 0.1) is 5.82 Å². The van der Waals surface area contributed by atoms with E-state index in [-0.39, 0.29) is 34.3 Å². The summed E-state index contributed by atoms with van der Waals surface area (Å²) in [4.78, 5) is 38.7. The van der Waals surface area contributed by atoms with Gasteiger partial charge in [0.05, 0.1) is 29.1 Å². The molecule has 6 heterocycles. The molecule has 1 amide bonds. The van der Waals surface area contributed by atoms with Crippen LogP contribution >= 0.6 is 11.6 Å². The van der Waals surface area contributed by atoms with E-state index in [1.165, 1.54) is 52.1 Å². The number of carboxylic acids is 1. The Bertz CT molecular complexity index is 2000. The molecule has 0 unspecified atom stereocenters. The first-order valence-electron chi connectivity index (χ1n) is 12.5. The van der Waals surface area contributed by atoms with Crippen LogP contribution in [0.25, 0.3) is 16.9 Å². The second-order valence-electron chi connectivity index (χ2n) is 9.83. The molecule has 1 aliphatic carbocycles. The van der Waals surface area contributed by atoms with Gasteiger partial charge in [0.1, 0.15) is 18.2 Å². The summed E-state index contributed by atoms with van der Waals surface area (Å²) in [6.07, 6.45) is 13.4. The number of hydrogen-bond acceptors (Lipinski definition) is 7. The average Bonchev–Trinajstić information content (AvgIpc) is 3.35. The molecule has 0 aliphatic heterocycles. The van der Waals surface area contributed by atoms with Crippen molar-refractivity contribution in [3.8, 4) is 5.69 Å². The third-order valence-electron chi connectivity index (χ3n) is 7.01. The minimum Gasteiger partial charge on any atom is -0.476 e. The van der Waals surface area contributed by atoms with Crippen molar-refractivity contribution in [2.45, 2.75) is 25.3 Å². The highest BCUT2D eigenvalue weighted by Crippen LogP contribution is 2.41. The third kappa shape index (κ3) is 4.28. The number of hydrogen-bond donors (Lipinski definition) is 1. The molecule has 206 valence electrons. The normalized spacial score (nSPS) is 13.3. The zero-order chi connectivity index (χ0) is 28.4. The monoisotopic (exact) mass is 574 g/mol. The Balaban J connectivity index is 1.17. The van der Waals surface area contributed by atoms with Crippen molar-refractivity contribution in [1.82, 2.24) is 43.3 Å². The standard InChI is InChI=1S/C26H20ClFN10O3/c1-34(24-22-21(28)17(27)4-5-35(22)13-30-24)25(39)18-11-38(33-32-18)9-16-8-36-7-15(14-2-3-14)6-20(23(36)31-16)37-10-19(26(40)41)29-12-37/h4-8,10-14H,2-3,9H2,1H3,(H,40,41). The van der Waals surface area contributed by atoms with Crippen molar-refractivity contribution in [3.63, 3.8) is 0 Å². The maximum atomic E-state index is 14.7. The molecule has 13 nitrogen and oxygen atoms in total. The Kier molecular flexibility index (Phi) is 5.61. The quantitative estimate of drug-likeness (QED) is 0.306. The minimum absolute atomic E-state index is 0.0381. The lowest BCUT2D eigenvalue weighted by atomic mass is 10.2. The molecule has 1 aliphatic rings. The van der Waals surface area contributed by atoms with Crippen LogP contribution < -0.4 is 4.90 Å². The molecule has 0 atom stereocenters. The van der Waals surface area contributed by atoms with E-state index in [0.29, 0.717) is 22.9 Å². The molecule has 1 saturated carbocycles. The van der Waals surface area contributed by atoms with E-state index >= 15 is 0 Å². The second-order valence-corrected chi connectivity index (χ2v) is 10.2. The summed E-state index contributed by atoms with van der Waals surface area (Å²) in [5.74, 6) is -1.79. The van der Waals surface area contributed by atoms with Crippen molar-refractivity contribution in [2.75, 3.05) is 11.9 Å². The van der Waals surface area contributed by atoms with Gasteiger partial charge in [0, 0.05) is 31.8 Å². The zero-order valence-electron chi connectivity index (χ0n) is 21.4. The molecule has 6 aromatic heterocycles. The highest BCUT2D eigenvalue weighted by atomic mass is 35.5. The van der Waals surface area contributed by atoms with Crippen LogP contribution in [0.2, 0.25) is 5.02 Å². The number of rotatable bonds is 7. The summed E-state index contributed by atoms with van der Waals surface area (Å²) in [7, 11) is 1.47. The first kappa shape index (κ1) is 24.9. The maximum absolute atomic E-state index is 14.7. The van der Waals surface area contributed by atoms with Gasteiger partial charge >= 0.3 is 5.97 Å². The van der Waals surface area contributed by atoms with E-state index in [9.17, 15) is 19.1 Å². The number of nitrogens with zero attached hydrogens (tertiary/aromatic N) is 10. The van der Waals surface area contributed by atoms with Crippen molar-refractivity contribution in [3.05, 3.63) is 89.3 Å². The number of carboxylic acid groups (broad SMARTS) is 1. The lowest BCUT2D eigenvalue weighted by molar-refractivity contribution is 0.0690. The zero-order valence-corrected chi connectivity index (χ0v) is 22.1. The Morgan fingerprint density at radius 1 is 1.12 bits per heavy atom. The van der Waals surface area contributed by atoms with Crippen molar-refractivity contribution >= 4 is 40.5 Å². The van der Waals surface area contributed by atoms with Gasteiger partial charge in [-0.2, -0.15) is 0 Å². The molecule has 1 fully saturated rings. The lowest BCUT2D eigenvalue weighted by Gasteiger charge is -2.13. The lowest BCUT2D eigenvalue weighted by Crippen LogP contribution is -2.27. The summed E-state index contributed by atoms with van der Waals surface area (Å²) >= 11 is 5.93. The Labute approximate surface area is 235 Å². The molecule has 1 N–H and O–H groups in total. The topological polar surface area (TPSA) is 141 Å². The van der Waals surface area contributed by atoms with Crippen LogP contribution in [0.15, 0.2) is 55.8 Å². The molecule has 0 aromatic carbocycles. The first-order chi connectivity index (χ1) is 19.8. The van der Waals surface area contributed by atoms with Crippen LogP contribution in [0.1, 0.15) is 51.0 Å². The van der Waals surface area contributed by atoms with Crippen molar-refractivity contribution in [1.29, 1.82) is 0 Å². The highest BCUT2D eigenvalue weighted by Gasteiger charge is 2.26. The molecule has 7 rings (SSSR count). The Morgan fingerprint density at radius 2 is 1.95 bits per heavy atom. The fourth-order valence-electron chi connectivity index (χ4n) is 4.78. The first-order valence-corrected chi connectivity index (χ1v) is 12.9. The number of imidazole rings is 3. The Morgan fingerprint density at radius 3 is 2.71 bits per heavy atom. The minimum atomic E-state index is -1.11. The number of aromatic carboxylic acids is 1. The van der Waals surface area contributed by atoms with Crippen molar-refractivity contribution in [2.24, 2.45) is 0 Å². The SMILES string of the molecule is CN(C(=O)c1cn(Cc2cn3cc(C4CC4)cc(-n4cnc(C(=O)O)c4)c3n2)nn1)c1ncn2ccc(Cl)c(F)c12. The molecular weight excluding hydrogens is 555 g/mol. The fourth-order valence-corrected chi connectivity index (χ4v) is 4.93. The fraction of sp³-hybridized carbons (Fsp3) is 0.192. The number of anilines is 1. The predicted octanol–water partition coefficient (Wildman–Crippen LogP) is 3.45. The summed E-state index contributed by atoms with van der Waals surface area (Å²) in [5, 5.41) is 17.3. The van der Waals surface area contributed by atoms with Gasteiger partial charge in [-0.15, -0.1) is 5.10 Å². The van der Waals surface area contributed by atoms with Crippen LogP contribution in [-0.2, 0) is 6.54 Å². The molecule has 0 spiro atoms. The molecule has 15 heteroatoms. The number of halogens is 2. The molecule has 0 saturated heterocycles. The second kappa shape index (κ2) is 9.23. The van der Waals surface area contributed by atoms with Crippen molar-refractivity contribution < 1.29 is 19.1 Å². The summed E-state index contributed by atoms with van der Waals surface area (Å²) < 4.78 is 21.2. The number of amides is 1. The van der Waals surface area contributed by atoms with E-state index in [1.807, 2.05) is 22.9 Å².